The number of carbonyl (C=O) groups is 1. The number of piperidine rings is 1. The van der Waals surface area contributed by atoms with Crippen LogP contribution in [0.1, 0.15) is 26.2 Å². The smallest absolute Gasteiger partial charge is 0.241 e. The first-order valence-electron chi connectivity index (χ1n) is 8.29. The van der Waals surface area contributed by atoms with Crippen LogP contribution >= 0.6 is 11.8 Å². The van der Waals surface area contributed by atoms with Crippen molar-refractivity contribution in [2.45, 2.75) is 37.1 Å². The molecule has 1 saturated heterocycles. The lowest BCUT2D eigenvalue weighted by Crippen LogP contribution is -2.50. The molecule has 1 fully saturated rings. The van der Waals surface area contributed by atoms with Gasteiger partial charge in [0.15, 0.2) is 0 Å². The standard InChI is InChI=1S/C17H26N2O3S2/c1-14-8-11-19(12-9-14)17(20)16(10-13-23-2)18-24(21,22)15-6-4-3-5-7-15/h3-7,14,16,18H,8-13H2,1-2H3/t16-/m0/s1. The lowest BCUT2D eigenvalue weighted by atomic mass is 9.98. The van der Waals surface area contributed by atoms with Crippen LogP contribution in [0.15, 0.2) is 35.2 Å². The highest BCUT2D eigenvalue weighted by atomic mass is 32.2. The molecule has 1 atom stereocenters. The van der Waals surface area contributed by atoms with Gasteiger partial charge in [-0.3, -0.25) is 4.79 Å². The van der Waals surface area contributed by atoms with Gasteiger partial charge in [-0.05, 0) is 49.3 Å². The van der Waals surface area contributed by atoms with Crippen molar-refractivity contribution >= 4 is 27.7 Å². The van der Waals surface area contributed by atoms with Gasteiger partial charge in [-0.1, -0.05) is 25.1 Å². The Bertz CT molecular complexity index is 626. The molecule has 1 amide bonds. The molecule has 7 heteroatoms. The second-order valence-electron chi connectivity index (χ2n) is 6.28. The molecule has 0 aromatic heterocycles. The number of benzene rings is 1. The zero-order chi connectivity index (χ0) is 17.6. The summed E-state index contributed by atoms with van der Waals surface area (Å²) in [5.41, 5.74) is 0. The Labute approximate surface area is 149 Å². The summed E-state index contributed by atoms with van der Waals surface area (Å²) in [4.78, 5) is 14.8. The largest absolute Gasteiger partial charge is 0.341 e. The second-order valence-corrected chi connectivity index (χ2v) is 8.98. The van der Waals surface area contributed by atoms with E-state index in [1.54, 1.807) is 47.0 Å². The van der Waals surface area contributed by atoms with Gasteiger partial charge < -0.3 is 4.90 Å². The number of nitrogens with zero attached hydrogens (tertiary/aromatic N) is 1. The number of amides is 1. The van der Waals surface area contributed by atoms with E-state index in [1.807, 2.05) is 6.26 Å². The fraction of sp³-hybridized carbons (Fsp3) is 0.588. The van der Waals surface area contributed by atoms with Crippen molar-refractivity contribution in [1.29, 1.82) is 0 Å². The number of sulfonamides is 1. The monoisotopic (exact) mass is 370 g/mol. The molecule has 0 bridgehead atoms. The minimum Gasteiger partial charge on any atom is -0.341 e. The third-order valence-electron chi connectivity index (χ3n) is 4.35. The second kappa shape index (κ2) is 8.87. The lowest BCUT2D eigenvalue weighted by Gasteiger charge is -2.33. The minimum absolute atomic E-state index is 0.101. The average molecular weight is 371 g/mol. The fourth-order valence-corrected chi connectivity index (χ4v) is 4.49. The van der Waals surface area contributed by atoms with Crippen LogP contribution in [0.3, 0.4) is 0 Å². The predicted molar refractivity (Wildman–Crippen MR) is 98.5 cm³/mol. The van der Waals surface area contributed by atoms with Crippen LogP contribution in [0.5, 0.6) is 0 Å². The quantitative estimate of drug-likeness (QED) is 0.800. The Morgan fingerprint density at radius 3 is 2.50 bits per heavy atom. The Kier molecular flexibility index (Phi) is 7.13. The van der Waals surface area contributed by atoms with Crippen LogP contribution < -0.4 is 4.72 Å². The molecular weight excluding hydrogens is 344 g/mol. The van der Waals surface area contributed by atoms with Crippen molar-refractivity contribution in [1.82, 2.24) is 9.62 Å². The van der Waals surface area contributed by atoms with Gasteiger partial charge in [0.05, 0.1) is 4.90 Å². The molecule has 0 unspecified atom stereocenters. The normalized spacial score (nSPS) is 17.7. The molecule has 0 spiro atoms. The zero-order valence-electron chi connectivity index (χ0n) is 14.3. The van der Waals surface area contributed by atoms with Gasteiger partial charge in [-0.25, -0.2) is 8.42 Å². The number of thioether (sulfide) groups is 1. The third kappa shape index (κ3) is 5.22. The molecule has 5 nitrogen and oxygen atoms in total. The number of hydrogen-bond acceptors (Lipinski definition) is 4. The summed E-state index contributed by atoms with van der Waals surface area (Å²) in [7, 11) is -3.69. The molecule has 1 aliphatic rings. The van der Waals surface area contributed by atoms with Crippen LogP contribution in [-0.4, -0.2) is 50.4 Å². The number of hydrogen-bond donors (Lipinski definition) is 1. The van der Waals surface area contributed by atoms with E-state index < -0.39 is 16.1 Å². The number of likely N-dealkylation sites (tertiary alicyclic amines) is 1. The highest BCUT2D eigenvalue weighted by molar-refractivity contribution is 7.98. The molecule has 1 N–H and O–H groups in total. The average Bonchev–Trinajstić information content (AvgIpc) is 2.59. The zero-order valence-corrected chi connectivity index (χ0v) is 15.9. The molecule has 0 radical (unpaired) electrons. The molecule has 1 heterocycles. The van der Waals surface area contributed by atoms with Crippen molar-refractivity contribution in [2.24, 2.45) is 5.92 Å². The van der Waals surface area contributed by atoms with E-state index in [4.69, 9.17) is 0 Å². The summed E-state index contributed by atoms with van der Waals surface area (Å²) in [5, 5.41) is 0. The van der Waals surface area contributed by atoms with Crippen molar-refractivity contribution in [3.63, 3.8) is 0 Å². The molecule has 2 rings (SSSR count). The van der Waals surface area contributed by atoms with Gasteiger partial charge in [-0.15, -0.1) is 0 Å². The van der Waals surface area contributed by atoms with E-state index >= 15 is 0 Å². The Morgan fingerprint density at radius 1 is 1.29 bits per heavy atom. The highest BCUT2D eigenvalue weighted by Gasteiger charge is 2.30. The molecule has 1 aromatic carbocycles. The van der Waals surface area contributed by atoms with Crippen molar-refractivity contribution < 1.29 is 13.2 Å². The van der Waals surface area contributed by atoms with Crippen LogP contribution in [0.25, 0.3) is 0 Å². The van der Waals surface area contributed by atoms with Gasteiger partial charge in [-0.2, -0.15) is 16.5 Å². The number of carbonyl (C=O) groups excluding carboxylic acids is 1. The summed E-state index contributed by atoms with van der Waals surface area (Å²) >= 11 is 1.61. The molecule has 1 aliphatic heterocycles. The summed E-state index contributed by atoms with van der Waals surface area (Å²) < 4.78 is 27.7. The van der Waals surface area contributed by atoms with Crippen molar-refractivity contribution in [3.05, 3.63) is 30.3 Å². The van der Waals surface area contributed by atoms with Gasteiger partial charge >= 0.3 is 0 Å². The van der Waals surface area contributed by atoms with Crippen molar-refractivity contribution in [3.8, 4) is 0 Å². The van der Waals surface area contributed by atoms with Gasteiger partial charge in [0.25, 0.3) is 0 Å². The maximum atomic E-state index is 12.8. The summed E-state index contributed by atoms with van der Waals surface area (Å²) in [6.07, 6.45) is 4.41. The molecule has 24 heavy (non-hydrogen) atoms. The number of nitrogens with one attached hydrogen (secondary N) is 1. The van der Waals surface area contributed by atoms with Gasteiger partial charge in [0, 0.05) is 13.1 Å². The molecular formula is C17H26N2O3S2. The molecule has 1 aromatic rings. The van der Waals surface area contributed by atoms with E-state index in [-0.39, 0.29) is 10.8 Å². The first-order valence-corrected chi connectivity index (χ1v) is 11.2. The van der Waals surface area contributed by atoms with E-state index in [2.05, 4.69) is 11.6 Å². The van der Waals surface area contributed by atoms with Gasteiger partial charge in [0.2, 0.25) is 15.9 Å². The first kappa shape index (κ1) is 19.3. The first-order chi connectivity index (χ1) is 11.4. The minimum atomic E-state index is -3.69. The summed E-state index contributed by atoms with van der Waals surface area (Å²) in [6.45, 7) is 3.61. The molecule has 0 saturated carbocycles. The lowest BCUT2D eigenvalue weighted by molar-refractivity contribution is -0.134. The summed E-state index contributed by atoms with van der Waals surface area (Å²) in [5.74, 6) is 1.26. The van der Waals surface area contributed by atoms with Gasteiger partial charge in [0.1, 0.15) is 6.04 Å². The Morgan fingerprint density at radius 2 is 1.92 bits per heavy atom. The maximum absolute atomic E-state index is 12.8. The van der Waals surface area contributed by atoms with Crippen molar-refractivity contribution in [2.75, 3.05) is 25.1 Å². The van der Waals surface area contributed by atoms with Crippen LogP contribution in [-0.2, 0) is 14.8 Å². The molecule has 134 valence electrons. The Balaban J connectivity index is 2.11. The fourth-order valence-electron chi connectivity index (χ4n) is 2.77. The third-order valence-corrected chi connectivity index (χ3v) is 6.49. The SMILES string of the molecule is CSCC[C@H](NS(=O)(=O)c1ccccc1)C(=O)N1CCC(C)CC1. The van der Waals surface area contributed by atoms with Crippen LogP contribution in [0.4, 0.5) is 0 Å². The highest BCUT2D eigenvalue weighted by Crippen LogP contribution is 2.18. The van der Waals surface area contributed by atoms with Crippen LogP contribution in [0, 0.1) is 5.92 Å². The number of rotatable bonds is 7. The Hall–Kier alpha value is -1.05. The molecule has 0 aliphatic carbocycles. The maximum Gasteiger partial charge on any atom is 0.241 e. The predicted octanol–water partition coefficient (Wildman–Crippen LogP) is 2.35. The van der Waals surface area contributed by atoms with Crippen LogP contribution in [0.2, 0.25) is 0 Å². The van der Waals surface area contributed by atoms with E-state index in [1.165, 1.54) is 0 Å². The van der Waals surface area contributed by atoms with E-state index in [0.717, 1.165) is 18.6 Å². The summed E-state index contributed by atoms with van der Waals surface area (Å²) in [6, 6.07) is 7.52. The topological polar surface area (TPSA) is 66.5 Å². The van der Waals surface area contributed by atoms with E-state index in [0.29, 0.717) is 25.4 Å². The van der Waals surface area contributed by atoms with E-state index in [9.17, 15) is 13.2 Å².